The van der Waals surface area contributed by atoms with Crippen molar-refractivity contribution < 1.29 is 4.74 Å². The zero-order valence-corrected chi connectivity index (χ0v) is 14.8. The molecule has 1 nitrogen and oxygen atoms in total. The lowest BCUT2D eigenvalue weighted by molar-refractivity contribution is 0.303. The number of hydrogen-bond donors (Lipinski definition) is 0. The van der Waals surface area contributed by atoms with Crippen LogP contribution in [-0.4, -0.2) is 6.61 Å². The first-order chi connectivity index (χ1) is 11.3. The van der Waals surface area contributed by atoms with Crippen LogP contribution in [0.3, 0.4) is 0 Å². The van der Waals surface area contributed by atoms with Crippen LogP contribution in [0, 0.1) is 0 Å². The highest BCUT2D eigenvalue weighted by Gasteiger charge is 2.08. The smallest absolute Gasteiger partial charge is 0.122 e. The third kappa shape index (κ3) is 3.76. The minimum atomic E-state index is 0.822. The molecule has 2 aromatic carbocycles. The number of benzene rings is 2. The van der Waals surface area contributed by atoms with Crippen molar-refractivity contribution in [3.05, 3.63) is 54.1 Å². The third-order valence-electron chi connectivity index (χ3n) is 4.16. The fourth-order valence-electron chi connectivity index (χ4n) is 2.81. The average Bonchev–Trinajstić information content (AvgIpc) is 3.03. The monoisotopic (exact) mass is 324 g/mol. The molecule has 0 unspecified atom stereocenters. The maximum atomic E-state index is 5.98. The maximum Gasteiger partial charge on any atom is 0.122 e. The molecule has 0 aliphatic carbocycles. The molecule has 3 aromatic rings. The lowest BCUT2D eigenvalue weighted by atomic mass is 10.1. The Morgan fingerprint density at radius 3 is 2.61 bits per heavy atom. The highest BCUT2D eigenvalue weighted by molar-refractivity contribution is 7.22. The second-order valence-corrected chi connectivity index (χ2v) is 6.96. The minimum Gasteiger partial charge on any atom is -0.493 e. The summed E-state index contributed by atoms with van der Waals surface area (Å²) in [7, 11) is 0. The molecule has 0 amide bonds. The summed E-state index contributed by atoms with van der Waals surface area (Å²) < 4.78 is 7.33. The van der Waals surface area contributed by atoms with Crippen LogP contribution < -0.4 is 4.74 Å². The lowest BCUT2D eigenvalue weighted by Crippen LogP contribution is -2.00. The third-order valence-corrected chi connectivity index (χ3v) is 5.32. The summed E-state index contributed by atoms with van der Waals surface area (Å²) in [6, 6.07) is 17.5. The standard InChI is InChI=1S/C21H24OS/c1-3-5-8-13-22-19-12-11-18(14-16(19)4-2)21-15-17-9-6-7-10-20(17)23-21/h6-7,9-12,14-15H,3-5,8,13H2,1-2H3. The van der Waals surface area contributed by atoms with E-state index >= 15 is 0 Å². The first kappa shape index (κ1) is 16.1. The Labute approximate surface area is 142 Å². The summed E-state index contributed by atoms with van der Waals surface area (Å²) in [6.07, 6.45) is 4.61. The van der Waals surface area contributed by atoms with Crippen molar-refractivity contribution in [3.63, 3.8) is 0 Å². The van der Waals surface area contributed by atoms with Crippen molar-refractivity contribution in [3.8, 4) is 16.2 Å². The van der Waals surface area contributed by atoms with Crippen LogP contribution in [-0.2, 0) is 6.42 Å². The number of hydrogen-bond acceptors (Lipinski definition) is 2. The summed E-state index contributed by atoms with van der Waals surface area (Å²) in [5.41, 5.74) is 2.60. The van der Waals surface area contributed by atoms with E-state index in [1.165, 1.54) is 38.9 Å². The zero-order chi connectivity index (χ0) is 16.1. The lowest BCUT2D eigenvalue weighted by Gasteiger charge is -2.11. The molecule has 120 valence electrons. The van der Waals surface area contributed by atoms with Crippen molar-refractivity contribution in [1.82, 2.24) is 0 Å². The van der Waals surface area contributed by atoms with Gasteiger partial charge in [-0.3, -0.25) is 0 Å². The second kappa shape index (κ2) is 7.65. The largest absolute Gasteiger partial charge is 0.493 e. The van der Waals surface area contributed by atoms with Gasteiger partial charge in [-0.1, -0.05) is 44.9 Å². The van der Waals surface area contributed by atoms with E-state index in [2.05, 4.69) is 62.4 Å². The number of unbranched alkanes of at least 4 members (excludes halogenated alkanes) is 2. The number of rotatable bonds is 7. The molecule has 23 heavy (non-hydrogen) atoms. The van der Waals surface area contributed by atoms with E-state index in [4.69, 9.17) is 4.74 Å². The van der Waals surface area contributed by atoms with E-state index in [-0.39, 0.29) is 0 Å². The Kier molecular flexibility index (Phi) is 5.35. The molecule has 0 aliphatic heterocycles. The molecule has 0 atom stereocenters. The topological polar surface area (TPSA) is 9.23 Å². The van der Waals surface area contributed by atoms with Gasteiger partial charge in [-0.25, -0.2) is 0 Å². The van der Waals surface area contributed by atoms with Crippen molar-refractivity contribution in [2.24, 2.45) is 0 Å². The van der Waals surface area contributed by atoms with E-state index < -0.39 is 0 Å². The van der Waals surface area contributed by atoms with Gasteiger partial charge in [0.2, 0.25) is 0 Å². The van der Waals surface area contributed by atoms with Gasteiger partial charge in [0.15, 0.2) is 0 Å². The van der Waals surface area contributed by atoms with Crippen molar-refractivity contribution in [2.75, 3.05) is 6.61 Å². The van der Waals surface area contributed by atoms with Gasteiger partial charge in [0.1, 0.15) is 5.75 Å². The number of thiophene rings is 1. The van der Waals surface area contributed by atoms with Crippen LogP contribution in [0.4, 0.5) is 0 Å². The quantitative estimate of drug-likeness (QED) is 0.439. The molecule has 0 saturated heterocycles. The predicted octanol–water partition coefficient (Wildman–Crippen LogP) is 6.70. The molecule has 0 bridgehead atoms. The Hall–Kier alpha value is -1.80. The molecule has 0 saturated carbocycles. The van der Waals surface area contributed by atoms with Gasteiger partial charge in [0.25, 0.3) is 0 Å². The summed E-state index contributed by atoms with van der Waals surface area (Å²) in [5.74, 6) is 1.05. The highest BCUT2D eigenvalue weighted by Crippen LogP contribution is 2.35. The Bertz CT molecular complexity index is 739. The van der Waals surface area contributed by atoms with E-state index in [1.54, 1.807) is 0 Å². The van der Waals surface area contributed by atoms with Crippen LogP contribution in [0.5, 0.6) is 5.75 Å². The van der Waals surface area contributed by atoms with Crippen LogP contribution in [0.15, 0.2) is 48.5 Å². The van der Waals surface area contributed by atoms with Gasteiger partial charge >= 0.3 is 0 Å². The molecule has 2 heteroatoms. The van der Waals surface area contributed by atoms with Crippen LogP contribution >= 0.6 is 11.3 Å². The minimum absolute atomic E-state index is 0.822. The van der Waals surface area contributed by atoms with Crippen molar-refractivity contribution in [1.29, 1.82) is 0 Å². The zero-order valence-electron chi connectivity index (χ0n) is 14.0. The Morgan fingerprint density at radius 1 is 0.957 bits per heavy atom. The molecule has 0 radical (unpaired) electrons. The first-order valence-electron chi connectivity index (χ1n) is 8.56. The molecule has 3 rings (SSSR count). The summed E-state index contributed by atoms with van der Waals surface area (Å²) in [4.78, 5) is 1.33. The number of fused-ring (bicyclic) bond motifs is 1. The predicted molar refractivity (Wildman–Crippen MR) is 102 cm³/mol. The van der Waals surface area contributed by atoms with Gasteiger partial charge in [-0.15, -0.1) is 11.3 Å². The van der Waals surface area contributed by atoms with Gasteiger partial charge in [0.05, 0.1) is 6.61 Å². The molecular weight excluding hydrogens is 300 g/mol. The molecule has 0 aliphatic rings. The average molecular weight is 324 g/mol. The normalized spacial score (nSPS) is 11.0. The fourth-order valence-corrected chi connectivity index (χ4v) is 3.87. The van der Waals surface area contributed by atoms with Gasteiger partial charge in [-0.05, 0) is 59.7 Å². The van der Waals surface area contributed by atoms with Crippen molar-refractivity contribution >= 4 is 21.4 Å². The van der Waals surface area contributed by atoms with Crippen LogP contribution in [0.1, 0.15) is 38.7 Å². The molecule has 1 aromatic heterocycles. The summed E-state index contributed by atoms with van der Waals surface area (Å²) in [5, 5.41) is 1.32. The molecule has 0 fully saturated rings. The fraction of sp³-hybridized carbons (Fsp3) is 0.333. The Morgan fingerprint density at radius 2 is 1.83 bits per heavy atom. The SMILES string of the molecule is CCCCCOc1ccc(-c2cc3ccccc3s2)cc1CC. The number of ether oxygens (including phenoxy) is 1. The van der Waals surface area contributed by atoms with E-state index in [1.807, 2.05) is 11.3 Å². The van der Waals surface area contributed by atoms with E-state index in [0.717, 1.165) is 25.2 Å². The molecule has 1 heterocycles. The van der Waals surface area contributed by atoms with Gasteiger partial charge in [-0.2, -0.15) is 0 Å². The van der Waals surface area contributed by atoms with Crippen LogP contribution in [0.2, 0.25) is 0 Å². The van der Waals surface area contributed by atoms with Gasteiger partial charge < -0.3 is 4.74 Å². The van der Waals surface area contributed by atoms with Crippen LogP contribution in [0.25, 0.3) is 20.5 Å². The summed E-state index contributed by atoms with van der Waals surface area (Å²) >= 11 is 1.86. The second-order valence-electron chi connectivity index (χ2n) is 5.88. The molecule has 0 N–H and O–H groups in total. The van der Waals surface area contributed by atoms with Gasteiger partial charge in [0, 0.05) is 9.58 Å². The summed E-state index contributed by atoms with van der Waals surface area (Å²) in [6.45, 7) is 5.24. The molecule has 0 spiro atoms. The first-order valence-corrected chi connectivity index (χ1v) is 9.38. The van der Waals surface area contributed by atoms with E-state index in [9.17, 15) is 0 Å². The highest BCUT2D eigenvalue weighted by atomic mass is 32.1. The van der Waals surface area contributed by atoms with Crippen molar-refractivity contribution in [2.45, 2.75) is 39.5 Å². The Balaban J connectivity index is 1.83. The molecular formula is C21H24OS. The van der Waals surface area contributed by atoms with E-state index in [0.29, 0.717) is 0 Å². The maximum absolute atomic E-state index is 5.98. The number of aryl methyl sites for hydroxylation is 1.